The minimum atomic E-state index is -0.833. The van der Waals surface area contributed by atoms with Crippen molar-refractivity contribution in [3.8, 4) is 0 Å². The van der Waals surface area contributed by atoms with Gasteiger partial charge in [0.1, 0.15) is 4.60 Å². The Balaban J connectivity index is 2.30. The van der Waals surface area contributed by atoms with Gasteiger partial charge in [-0.2, -0.15) is 0 Å². The first-order chi connectivity index (χ1) is 8.09. The van der Waals surface area contributed by atoms with E-state index in [9.17, 15) is 9.59 Å². The molecule has 0 saturated heterocycles. The average Bonchev–Trinajstić information content (AvgIpc) is 2.27. The Hall–Kier alpha value is -1.43. The van der Waals surface area contributed by atoms with E-state index in [1.165, 1.54) is 0 Å². The summed E-state index contributed by atoms with van der Waals surface area (Å²) in [6, 6.07) is 3.47. The molecule has 0 aliphatic heterocycles. The van der Waals surface area contributed by atoms with Crippen LogP contribution in [0.5, 0.6) is 0 Å². The Kier molecular flexibility index (Phi) is 5.62. The van der Waals surface area contributed by atoms with Crippen LogP contribution in [0.25, 0.3) is 0 Å². The quantitative estimate of drug-likeness (QED) is 0.625. The molecule has 17 heavy (non-hydrogen) atoms. The largest absolute Gasteiger partial charge is 0.481 e. The molecule has 92 valence electrons. The van der Waals surface area contributed by atoms with Crippen LogP contribution < -0.4 is 5.32 Å². The second-order valence-corrected chi connectivity index (χ2v) is 4.24. The molecule has 1 rings (SSSR count). The smallest absolute Gasteiger partial charge is 0.303 e. The van der Waals surface area contributed by atoms with Crippen molar-refractivity contribution in [3.05, 3.63) is 22.9 Å². The number of hydrogen-bond acceptors (Lipinski definition) is 3. The summed E-state index contributed by atoms with van der Waals surface area (Å²) in [5.74, 6) is -0.968. The van der Waals surface area contributed by atoms with Gasteiger partial charge in [-0.25, -0.2) is 4.98 Å². The van der Waals surface area contributed by atoms with Crippen molar-refractivity contribution < 1.29 is 14.7 Å². The van der Waals surface area contributed by atoms with Gasteiger partial charge >= 0.3 is 5.97 Å². The molecule has 1 aromatic rings. The molecule has 0 saturated carbocycles. The minimum absolute atomic E-state index is 0.101. The molecular formula is C11H13BrN2O3. The van der Waals surface area contributed by atoms with Crippen molar-refractivity contribution in [2.24, 2.45) is 0 Å². The van der Waals surface area contributed by atoms with Gasteiger partial charge in [-0.05, 0) is 40.9 Å². The van der Waals surface area contributed by atoms with E-state index >= 15 is 0 Å². The molecule has 0 radical (unpaired) electrons. The molecule has 1 aromatic heterocycles. The van der Waals surface area contributed by atoms with E-state index in [0.717, 1.165) is 0 Å². The molecule has 0 aliphatic rings. The Morgan fingerprint density at radius 2 is 2.06 bits per heavy atom. The van der Waals surface area contributed by atoms with Gasteiger partial charge in [0, 0.05) is 19.0 Å². The van der Waals surface area contributed by atoms with Gasteiger partial charge in [-0.15, -0.1) is 0 Å². The van der Waals surface area contributed by atoms with Gasteiger partial charge in [-0.3, -0.25) is 9.59 Å². The Bertz CT molecular complexity index is 409. The number of carbonyl (C=O) groups is 2. The number of halogens is 1. The summed E-state index contributed by atoms with van der Waals surface area (Å²) in [6.07, 6.45) is 3.11. The van der Waals surface area contributed by atoms with E-state index in [2.05, 4.69) is 26.2 Å². The summed E-state index contributed by atoms with van der Waals surface area (Å²) in [7, 11) is 0. The minimum Gasteiger partial charge on any atom is -0.481 e. The lowest BCUT2D eigenvalue weighted by atomic mass is 10.2. The highest BCUT2D eigenvalue weighted by molar-refractivity contribution is 9.10. The third-order valence-corrected chi connectivity index (χ3v) is 2.71. The zero-order valence-electron chi connectivity index (χ0n) is 9.15. The standard InChI is InChI=1S/C11H13BrN2O3/c12-11-8(4-3-7-13-11)14-9(15)5-1-2-6-10(16)17/h3-4,7H,1-2,5-6H2,(H,14,15)(H,16,17). The SMILES string of the molecule is O=C(O)CCCCC(=O)Nc1cccnc1Br. The Morgan fingerprint density at radius 3 is 2.71 bits per heavy atom. The van der Waals surface area contributed by atoms with Crippen LogP contribution in [0.3, 0.4) is 0 Å². The maximum atomic E-state index is 11.5. The number of carboxylic acid groups (broad SMARTS) is 1. The number of unbranched alkanes of at least 4 members (excludes halogenated alkanes) is 1. The molecule has 2 N–H and O–H groups in total. The number of anilines is 1. The number of nitrogens with zero attached hydrogens (tertiary/aromatic N) is 1. The fraction of sp³-hybridized carbons (Fsp3) is 0.364. The van der Waals surface area contributed by atoms with Crippen molar-refractivity contribution in [1.29, 1.82) is 0 Å². The number of aromatic nitrogens is 1. The molecular weight excluding hydrogens is 288 g/mol. The first-order valence-corrected chi connectivity index (χ1v) is 6.01. The normalized spacial score (nSPS) is 9.94. The molecule has 6 heteroatoms. The second kappa shape index (κ2) is 7.01. The van der Waals surface area contributed by atoms with Crippen LogP contribution in [0.1, 0.15) is 25.7 Å². The maximum absolute atomic E-state index is 11.5. The van der Waals surface area contributed by atoms with E-state index < -0.39 is 5.97 Å². The molecule has 0 unspecified atom stereocenters. The monoisotopic (exact) mass is 300 g/mol. The molecule has 0 bridgehead atoms. The van der Waals surface area contributed by atoms with E-state index in [0.29, 0.717) is 29.6 Å². The number of aliphatic carboxylic acids is 1. The molecule has 0 fully saturated rings. The second-order valence-electron chi connectivity index (χ2n) is 3.49. The lowest BCUT2D eigenvalue weighted by Gasteiger charge is -2.05. The van der Waals surface area contributed by atoms with Crippen LogP contribution in [-0.4, -0.2) is 22.0 Å². The Labute approximate surface area is 107 Å². The number of hydrogen-bond donors (Lipinski definition) is 2. The average molecular weight is 301 g/mol. The molecule has 0 atom stereocenters. The van der Waals surface area contributed by atoms with Crippen LogP contribution in [0.15, 0.2) is 22.9 Å². The lowest BCUT2D eigenvalue weighted by Crippen LogP contribution is -2.12. The van der Waals surface area contributed by atoms with Gasteiger partial charge in [0.25, 0.3) is 0 Å². The molecule has 5 nitrogen and oxygen atoms in total. The fourth-order valence-electron chi connectivity index (χ4n) is 1.25. The highest BCUT2D eigenvalue weighted by Gasteiger charge is 2.06. The summed E-state index contributed by atoms with van der Waals surface area (Å²) >= 11 is 3.22. The molecule has 1 heterocycles. The molecule has 0 aromatic carbocycles. The number of nitrogens with one attached hydrogen (secondary N) is 1. The van der Waals surface area contributed by atoms with Crippen molar-refractivity contribution in [1.82, 2.24) is 4.98 Å². The van der Waals surface area contributed by atoms with E-state index in [1.807, 2.05) is 0 Å². The summed E-state index contributed by atoms with van der Waals surface area (Å²) in [5.41, 5.74) is 0.621. The van der Waals surface area contributed by atoms with Crippen LogP contribution in [0.2, 0.25) is 0 Å². The highest BCUT2D eigenvalue weighted by Crippen LogP contribution is 2.18. The van der Waals surface area contributed by atoms with Crippen LogP contribution in [-0.2, 0) is 9.59 Å². The number of carbonyl (C=O) groups excluding carboxylic acids is 1. The van der Waals surface area contributed by atoms with Gasteiger partial charge < -0.3 is 10.4 Å². The number of rotatable bonds is 6. The van der Waals surface area contributed by atoms with Crippen LogP contribution in [0.4, 0.5) is 5.69 Å². The van der Waals surface area contributed by atoms with Gasteiger partial charge in [0.05, 0.1) is 5.69 Å². The summed E-state index contributed by atoms with van der Waals surface area (Å²) in [4.78, 5) is 25.7. The fourth-order valence-corrected chi connectivity index (χ4v) is 1.60. The predicted octanol–water partition coefficient (Wildman–Crippen LogP) is 2.43. The van der Waals surface area contributed by atoms with Gasteiger partial charge in [0.2, 0.25) is 5.91 Å². The van der Waals surface area contributed by atoms with Crippen molar-refractivity contribution in [3.63, 3.8) is 0 Å². The third kappa shape index (κ3) is 5.44. The topological polar surface area (TPSA) is 79.3 Å². The Morgan fingerprint density at radius 1 is 1.35 bits per heavy atom. The zero-order chi connectivity index (χ0) is 12.7. The summed E-state index contributed by atoms with van der Waals surface area (Å²) < 4.78 is 0.582. The predicted molar refractivity (Wildman–Crippen MR) is 66.7 cm³/mol. The number of carboxylic acids is 1. The van der Waals surface area contributed by atoms with E-state index in [4.69, 9.17) is 5.11 Å². The summed E-state index contributed by atoms with van der Waals surface area (Å²) in [5, 5.41) is 11.1. The van der Waals surface area contributed by atoms with Crippen LogP contribution in [0, 0.1) is 0 Å². The molecule has 1 amide bonds. The third-order valence-electron chi connectivity index (χ3n) is 2.08. The van der Waals surface area contributed by atoms with Gasteiger partial charge in [-0.1, -0.05) is 0 Å². The van der Waals surface area contributed by atoms with Crippen molar-refractivity contribution in [2.45, 2.75) is 25.7 Å². The van der Waals surface area contributed by atoms with E-state index in [1.54, 1.807) is 18.3 Å². The first-order valence-electron chi connectivity index (χ1n) is 5.22. The number of amides is 1. The zero-order valence-corrected chi connectivity index (χ0v) is 10.7. The maximum Gasteiger partial charge on any atom is 0.303 e. The summed E-state index contributed by atoms with van der Waals surface area (Å²) in [6.45, 7) is 0. The van der Waals surface area contributed by atoms with Gasteiger partial charge in [0.15, 0.2) is 0 Å². The molecule has 0 aliphatic carbocycles. The number of pyridine rings is 1. The lowest BCUT2D eigenvalue weighted by molar-refractivity contribution is -0.137. The van der Waals surface area contributed by atoms with Crippen LogP contribution >= 0.6 is 15.9 Å². The van der Waals surface area contributed by atoms with Crippen molar-refractivity contribution in [2.75, 3.05) is 5.32 Å². The van der Waals surface area contributed by atoms with Crippen molar-refractivity contribution >= 4 is 33.5 Å². The first kappa shape index (κ1) is 13.6. The molecule has 0 spiro atoms. The van der Waals surface area contributed by atoms with E-state index in [-0.39, 0.29) is 12.3 Å². The highest BCUT2D eigenvalue weighted by atomic mass is 79.9.